The van der Waals surface area contributed by atoms with Crippen molar-refractivity contribution in [2.24, 2.45) is 0 Å². The Labute approximate surface area is 122 Å². The number of thiophene rings is 1. The first kappa shape index (κ1) is 13.3. The monoisotopic (exact) mass is 290 g/mol. The first-order valence-corrected chi connectivity index (χ1v) is 7.78. The van der Waals surface area contributed by atoms with Gasteiger partial charge in [-0.2, -0.15) is 11.3 Å². The molecule has 0 spiro atoms. The van der Waals surface area contributed by atoms with Gasteiger partial charge >= 0.3 is 0 Å². The number of piperazine rings is 1. The van der Waals surface area contributed by atoms with Crippen LogP contribution in [0.15, 0.2) is 29.2 Å². The number of hydrogen-bond donors (Lipinski definition) is 1. The van der Waals surface area contributed by atoms with E-state index in [1.54, 1.807) is 17.5 Å². The summed E-state index contributed by atoms with van der Waals surface area (Å²) in [4.78, 5) is 24.3. The van der Waals surface area contributed by atoms with Crippen LogP contribution in [0.25, 0.3) is 0 Å². The molecular weight excluding hydrogens is 272 g/mol. The molecule has 1 amide bonds. The third kappa shape index (κ3) is 2.48. The SMILES string of the molecule is CCN1CCN(C(=O)c2ccsc2)CC1c1ncc[nH]1. The standard InChI is InChI=1S/C14H18N4OS/c1-2-17-6-7-18(14(19)11-3-8-20-10-11)9-12(17)13-15-4-5-16-13/h3-5,8,10,12H,2,6-7,9H2,1H3,(H,15,16). The molecule has 1 aliphatic rings. The Hall–Kier alpha value is -1.66. The number of imidazole rings is 1. The number of carbonyl (C=O) groups is 1. The van der Waals surface area contributed by atoms with E-state index in [0.29, 0.717) is 6.54 Å². The highest BCUT2D eigenvalue weighted by Crippen LogP contribution is 2.24. The van der Waals surface area contributed by atoms with E-state index in [2.05, 4.69) is 21.8 Å². The zero-order valence-corrected chi connectivity index (χ0v) is 12.3. The molecule has 0 aliphatic carbocycles. The summed E-state index contributed by atoms with van der Waals surface area (Å²) in [7, 11) is 0. The van der Waals surface area contributed by atoms with Crippen molar-refractivity contribution in [3.63, 3.8) is 0 Å². The topological polar surface area (TPSA) is 52.2 Å². The maximum atomic E-state index is 12.5. The van der Waals surface area contributed by atoms with Gasteiger partial charge in [0.1, 0.15) is 5.82 Å². The second kappa shape index (κ2) is 5.76. The Bertz CT molecular complexity index is 552. The molecule has 106 valence electrons. The maximum absolute atomic E-state index is 12.5. The van der Waals surface area contributed by atoms with Gasteiger partial charge in [-0.3, -0.25) is 9.69 Å². The number of amides is 1. The second-order valence-electron chi connectivity index (χ2n) is 4.88. The summed E-state index contributed by atoms with van der Waals surface area (Å²) in [5, 5.41) is 3.86. The molecule has 1 N–H and O–H groups in total. The zero-order chi connectivity index (χ0) is 13.9. The van der Waals surface area contributed by atoms with Crippen molar-refractivity contribution in [3.05, 3.63) is 40.6 Å². The van der Waals surface area contributed by atoms with E-state index < -0.39 is 0 Å². The van der Waals surface area contributed by atoms with E-state index in [1.165, 1.54) is 0 Å². The Morgan fingerprint density at radius 3 is 3.10 bits per heavy atom. The fourth-order valence-electron chi connectivity index (χ4n) is 2.67. The first-order valence-electron chi connectivity index (χ1n) is 6.84. The number of hydrogen-bond acceptors (Lipinski definition) is 4. The molecule has 1 aliphatic heterocycles. The lowest BCUT2D eigenvalue weighted by molar-refractivity contribution is 0.0480. The fourth-order valence-corrected chi connectivity index (χ4v) is 3.30. The van der Waals surface area contributed by atoms with Gasteiger partial charge in [0.05, 0.1) is 11.6 Å². The molecular formula is C14H18N4OS. The number of nitrogens with zero attached hydrogens (tertiary/aromatic N) is 3. The lowest BCUT2D eigenvalue weighted by atomic mass is 10.1. The van der Waals surface area contributed by atoms with Gasteiger partial charge in [-0.05, 0) is 18.0 Å². The van der Waals surface area contributed by atoms with Crippen molar-refractivity contribution >= 4 is 17.2 Å². The minimum Gasteiger partial charge on any atom is -0.347 e. The number of aromatic amines is 1. The van der Waals surface area contributed by atoms with Gasteiger partial charge in [-0.15, -0.1) is 0 Å². The van der Waals surface area contributed by atoms with Gasteiger partial charge in [-0.25, -0.2) is 4.98 Å². The van der Waals surface area contributed by atoms with Crippen LogP contribution in [0.1, 0.15) is 29.1 Å². The van der Waals surface area contributed by atoms with E-state index in [0.717, 1.165) is 31.0 Å². The molecule has 0 aromatic carbocycles. The molecule has 0 saturated carbocycles. The van der Waals surface area contributed by atoms with E-state index >= 15 is 0 Å². The van der Waals surface area contributed by atoms with Gasteiger partial charge in [-0.1, -0.05) is 6.92 Å². The molecule has 3 heterocycles. The molecule has 1 fully saturated rings. The molecule has 0 bridgehead atoms. The summed E-state index contributed by atoms with van der Waals surface area (Å²) in [6, 6.07) is 2.05. The van der Waals surface area contributed by atoms with Gasteiger partial charge in [0.15, 0.2) is 0 Å². The minimum absolute atomic E-state index is 0.124. The summed E-state index contributed by atoms with van der Waals surface area (Å²) in [6.07, 6.45) is 3.60. The van der Waals surface area contributed by atoms with Gasteiger partial charge in [0.25, 0.3) is 5.91 Å². The Balaban J connectivity index is 1.78. The second-order valence-corrected chi connectivity index (χ2v) is 5.66. The van der Waals surface area contributed by atoms with Crippen LogP contribution < -0.4 is 0 Å². The van der Waals surface area contributed by atoms with Crippen molar-refractivity contribution < 1.29 is 4.79 Å². The number of nitrogens with one attached hydrogen (secondary N) is 1. The van der Waals surface area contributed by atoms with Crippen LogP contribution in [0.3, 0.4) is 0 Å². The van der Waals surface area contributed by atoms with Crippen molar-refractivity contribution in [3.8, 4) is 0 Å². The third-order valence-electron chi connectivity index (χ3n) is 3.79. The molecule has 3 rings (SSSR count). The quantitative estimate of drug-likeness (QED) is 0.940. The van der Waals surface area contributed by atoms with E-state index in [-0.39, 0.29) is 11.9 Å². The minimum atomic E-state index is 0.124. The van der Waals surface area contributed by atoms with Crippen LogP contribution >= 0.6 is 11.3 Å². The van der Waals surface area contributed by atoms with Crippen molar-refractivity contribution in [1.29, 1.82) is 0 Å². The summed E-state index contributed by atoms with van der Waals surface area (Å²) >= 11 is 1.56. The van der Waals surface area contributed by atoms with E-state index in [4.69, 9.17) is 0 Å². The number of likely N-dealkylation sites (N-methyl/N-ethyl adjacent to an activating group) is 1. The molecule has 2 aromatic heterocycles. The van der Waals surface area contributed by atoms with E-state index in [9.17, 15) is 4.79 Å². The summed E-state index contributed by atoms with van der Waals surface area (Å²) in [5.74, 6) is 1.06. The van der Waals surface area contributed by atoms with Gasteiger partial charge < -0.3 is 9.88 Å². The van der Waals surface area contributed by atoms with Crippen LogP contribution in [0.2, 0.25) is 0 Å². The average molecular weight is 290 g/mol. The van der Waals surface area contributed by atoms with Crippen LogP contribution in [-0.2, 0) is 0 Å². The summed E-state index contributed by atoms with van der Waals surface area (Å²) < 4.78 is 0. The molecule has 5 nitrogen and oxygen atoms in total. The first-order chi connectivity index (χ1) is 9.79. The zero-order valence-electron chi connectivity index (χ0n) is 11.5. The molecule has 20 heavy (non-hydrogen) atoms. The van der Waals surface area contributed by atoms with Crippen LogP contribution in [0.5, 0.6) is 0 Å². The van der Waals surface area contributed by atoms with Crippen LogP contribution in [0, 0.1) is 0 Å². The Kier molecular flexibility index (Phi) is 3.84. The van der Waals surface area contributed by atoms with Crippen molar-refractivity contribution in [2.75, 3.05) is 26.2 Å². The van der Waals surface area contributed by atoms with Gasteiger partial charge in [0.2, 0.25) is 0 Å². The molecule has 1 atom stereocenters. The van der Waals surface area contributed by atoms with Crippen LogP contribution in [-0.4, -0.2) is 51.9 Å². The van der Waals surface area contributed by atoms with Crippen molar-refractivity contribution in [2.45, 2.75) is 13.0 Å². The molecule has 2 aromatic rings. The molecule has 1 unspecified atom stereocenters. The average Bonchev–Trinajstić information content (AvgIpc) is 3.18. The Morgan fingerprint density at radius 1 is 1.55 bits per heavy atom. The normalized spacial score (nSPS) is 20.2. The largest absolute Gasteiger partial charge is 0.347 e. The van der Waals surface area contributed by atoms with Crippen molar-refractivity contribution in [1.82, 2.24) is 19.8 Å². The third-order valence-corrected chi connectivity index (χ3v) is 4.47. The number of H-pyrrole nitrogens is 1. The molecule has 0 radical (unpaired) electrons. The number of carbonyl (C=O) groups excluding carboxylic acids is 1. The maximum Gasteiger partial charge on any atom is 0.254 e. The highest BCUT2D eigenvalue weighted by atomic mass is 32.1. The number of rotatable bonds is 3. The fraction of sp³-hybridized carbons (Fsp3) is 0.429. The molecule has 1 saturated heterocycles. The summed E-state index contributed by atoms with van der Waals surface area (Å²) in [5.41, 5.74) is 0.790. The van der Waals surface area contributed by atoms with E-state index in [1.807, 2.05) is 27.9 Å². The smallest absolute Gasteiger partial charge is 0.254 e. The highest BCUT2D eigenvalue weighted by molar-refractivity contribution is 7.08. The lowest BCUT2D eigenvalue weighted by Gasteiger charge is -2.40. The van der Waals surface area contributed by atoms with Gasteiger partial charge in [0, 0.05) is 37.4 Å². The predicted octanol–water partition coefficient (Wildman–Crippen LogP) is 1.99. The van der Waals surface area contributed by atoms with Crippen LogP contribution in [0.4, 0.5) is 0 Å². The summed E-state index contributed by atoms with van der Waals surface area (Å²) in [6.45, 7) is 5.46. The predicted molar refractivity (Wildman–Crippen MR) is 78.8 cm³/mol. The lowest BCUT2D eigenvalue weighted by Crippen LogP contribution is -2.50. The highest BCUT2D eigenvalue weighted by Gasteiger charge is 2.31. The number of aromatic nitrogens is 2. The molecule has 6 heteroatoms. The Morgan fingerprint density at radius 2 is 2.45 bits per heavy atom.